The lowest BCUT2D eigenvalue weighted by molar-refractivity contribution is -0.186. The maximum atomic E-state index is 13.5. The summed E-state index contributed by atoms with van der Waals surface area (Å²) >= 11 is 0. The second kappa shape index (κ2) is 15.4. The minimum atomic E-state index is -0.864. The molecule has 50 heavy (non-hydrogen) atoms. The molecule has 2 amide bonds. The predicted molar refractivity (Wildman–Crippen MR) is 187 cm³/mol. The van der Waals surface area contributed by atoms with Crippen LogP contribution < -0.4 is 15.0 Å². The van der Waals surface area contributed by atoms with Crippen molar-refractivity contribution in [3.63, 3.8) is 0 Å². The molecule has 2 unspecified atom stereocenters. The zero-order valence-corrected chi connectivity index (χ0v) is 28.9. The van der Waals surface area contributed by atoms with Crippen LogP contribution in [0.3, 0.4) is 0 Å². The number of aromatic nitrogens is 2. The second-order valence-corrected chi connectivity index (χ2v) is 13.5. The van der Waals surface area contributed by atoms with Gasteiger partial charge in [-0.15, -0.1) is 0 Å². The molecule has 1 saturated heterocycles. The molecule has 2 aliphatic rings. The number of aliphatic hydroxyl groups excluding tert-OH is 1. The zero-order chi connectivity index (χ0) is 35.3. The van der Waals surface area contributed by atoms with E-state index in [4.69, 9.17) is 28.8 Å². The van der Waals surface area contributed by atoms with Crippen molar-refractivity contribution in [3.05, 3.63) is 72.6 Å². The number of carbonyl (C=O) groups excluding carboxylic acids is 2. The highest BCUT2D eigenvalue weighted by Crippen LogP contribution is 2.37. The molecule has 264 valence electrons. The molecule has 2 aromatic heterocycles. The Balaban J connectivity index is 1.13. The molecular weight excluding hydrogens is 640 g/mol. The lowest BCUT2D eigenvalue weighted by Crippen LogP contribution is -2.43. The van der Waals surface area contributed by atoms with Gasteiger partial charge in [0.2, 0.25) is 0 Å². The summed E-state index contributed by atoms with van der Waals surface area (Å²) < 4.78 is 22.8. The van der Waals surface area contributed by atoms with Gasteiger partial charge in [0.15, 0.2) is 12.0 Å². The number of amides is 2. The topological polar surface area (TPSA) is 142 Å². The normalized spacial score (nSPS) is 16.8. The summed E-state index contributed by atoms with van der Waals surface area (Å²) in [5.74, 6) is 0.426. The van der Waals surface area contributed by atoms with Crippen molar-refractivity contribution in [1.29, 1.82) is 0 Å². The number of rotatable bonds is 12. The van der Waals surface area contributed by atoms with Crippen molar-refractivity contribution >= 4 is 22.9 Å². The first-order chi connectivity index (χ1) is 24.1. The molecule has 1 saturated carbocycles. The van der Waals surface area contributed by atoms with Gasteiger partial charge in [0.05, 0.1) is 24.7 Å². The number of carbonyl (C=O) groups is 2. The lowest BCUT2D eigenvalue weighted by atomic mass is 10.00. The molecule has 12 heteroatoms. The van der Waals surface area contributed by atoms with Crippen LogP contribution in [0.1, 0.15) is 63.2 Å². The van der Waals surface area contributed by atoms with E-state index in [0.717, 1.165) is 42.4 Å². The predicted octanol–water partition coefficient (Wildman–Crippen LogP) is 6.30. The molecule has 2 fully saturated rings. The quantitative estimate of drug-likeness (QED) is 0.163. The Bertz CT molecular complexity index is 1780. The molecule has 12 nitrogen and oxygen atoms in total. The van der Waals surface area contributed by atoms with Gasteiger partial charge in [0, 0.05) is 42.4 Å². The number of ether oxygens (including phenoxy) is 4. The van der Waals surface area contributed by atoms with E-state index in [1.54, 1.807) is 23.4 Å². The van der Waals surface area contributed by atoms with Crippen molar-refractivity contribution in [2.75, 3.05) is 26.9 Å². The lowest BCUT2D eigenvalue weighted by Gasteiger charge is -2.28. The van der Waals surface area contributed by atoms with Crippen molar-refractivity contribution in [1.82, 2.24) is 20.3 Å². The average Bonchev–Trinajstić information content (AvgIpc) is 3.97. The number of methoxy groups -OCH3 is 1. The molecule has 3 heterocycles. The first-order valence-electron chi connectivity index (χ1n) is 17.0. The van der Waals surface area contributed by atoms with Crippen molar-refractivity contribution in [2.24, 2.45) is 0 Å². The molecule has 2 N–H and O–H groups in total. The van der Waals surface area contributed by atoms with Crippen LogP contribution in [0.5, 0.6) is 11.5 Å². The van der Waals surface area contributed by atoms with Crippen LogP contribution in [-0.4, -0.2) is 82.9 Å². The summed E-state index contributed by atoms with van der Waals surface area (Å²) in [4.78, 5) is 42.4. The number of fused-ring (bicyclic) bond motifs is 1. The fraction of sp³-hybridized carbons (Fsp3) is 0.421. The molecule has 2 aromatic carbocycles. The first kappa shape index (κ1) is 35.1. The van der Waals surface area contributed by atoms with Gasteiger partial charge in [-0.3, -0.25) is 9.78 Å². The molecule has 0 radical (unpaired) electrons. The van der Waals surface area contributed by atoms with Gasteiger partial charge in [0.1, 0.15) is 29.8 Å². The minimum Gasteiger partial charge on any atom is -0.494 e. The Labute approximate surface area is 291 Å². The van der Waals surface area contributed by atoms with Crippen molar-refractivity contribution in [2.45, 2.75) is 76.9 Å². The van der Waals surface area contributed by atoms with E-state index in [0.29, 0.717) is 41.1 Å². The van der Waals surface area contributed by atoms with Gasteiger partial charge >= 0.3 is 6.09 Å². The van der Waals surface area contributed by atoms with Gasteiger partial charge in [-0.05, 0) is 75.8 Å². The second-order valence-electron chi connectivity index (χ2n) is 13.5. The van der Waals surface area contributed by atoms with E-state index >= 15 is 0 Å². The highest BCUT2D eigenvalue weighted by atomic mass is 16.8. The van der Waals surface area contributed by atoms with E-state index in [2.05, 4.69) is 10.5 Å². The van der Waals surface area contributed by atoms with Gasteiger partial charge in [-0.2, -0.15) is 0 Å². The number of aliphatic hydroxyl groups is 1. The van der Waals surface area contributed by atoms with Crippen LogP contribution in [0.2, 0.25) is 0 Å². The van der Waals surface area contributed by atoms with E-state index in [-0.39, 0.29) is 24.8 Å². The zero-order valence-electron chi connectivity index (χ0n) is 28.9. The summed E-state index contributed by atoms with van der Waals surface area (Å²) in [6.07, 6.45) is 5.88. The Kier molecular flexibility index (Phi) is 10.8. The van der Waals surface area contributed by atoms with Gasteiger partial charge in [-0.25, -0.2) is 20.1 Å². The average molecular weight is 685 g/mol. The molecule has 6 rings (SSSR count). The fourth-order valence-electron chi connectivity index (χ4n) is 5.80. The van der Waals surface area contributed by atoms with E-state index < -0.39 is 30.0 Å². The third kappa shape index (κ3) is 8.68. The molecule has 1 aliphatic heterocycles. The number of pyridine rings is 2. The van der Waals surface area contributed by atoms with Crippen LogP contribution in [0.15, 0.2) is 67.0 Å². The van der Waals surface area contributed by atoms with Crippen LogP contribution in [-0.2, 0) is 14.3 Å². The van der Waals surface area contributed by atoms with E-state index in [1.807, 2.05) is 69.3 Å². The van der Waals surface area contributed by atoms with Gasteiger partial charge in [0.25, 0.3) is 5.91 Å². The smallest absolute Gasteiger partial charge is 0.410 e. The number of nitrogens with one attached hydrogen (secondary N) is 1. The monoisotopic (exact) mass is 684 g/mol. The standard InChI is InChI=1S/C38H44N4O8/c1-38(2,3)49-37(45)42(27-14-15-27)22-28(43)23-48-29-16-12-25(13-17-29)24-8-10-26(11-9-24)34-35(46-4)33(30-21-39-19-18-31(30)40-34)36(44)41-50-32-7-5-6-20-47-32/h8-13,16-19,21,27-28,32,43H,5-7,14-15,20,22-23H2,1-4H3,(H,41,44). The maximum absolute atomic E-state index is 13.5. The molecule has 0 spiro atoms. The van der Waals surface area contributed by atoms with Crippen molar-refractivity contribution in [3.8, 4) is 33.9 Å². The van der Waals surface area contributed by atoms with Crippen molar-refractivity contribution < 1.29 is 38.5 Å². The summed E-state index contributed by atoms with van der Waals surface area (Å²) in [5, 5.41) is 11.2. The summed E-state index contributed by atoms with van der Waals surface area (Å²) in [6.45, 7) is 6.26. The minimum absolute atomic E-state index is 0.0389. The third-order valence-electron chi connectivity index (χ3n) is 8.41. The number of hydrogen-bond donors (Lipinski definition) is 2. The molecule has 2 atom stereocenters. The molecular formula is C38H44N4O8. The van der Waals surface area contributed by atoms with Crippen LogP contribution in [0, 0.1) is 0 Å². The number of benzene rings is 2. The largest absolute Gasteiger partial charge is 0.494 e. The highest BCUT2D eigenvalue weighted by molar-refractivity contribution is 6.09. The van der Waals surface area contributed by atoms with E-state index in [1.165, 1.54) is 7.11 Å². The summed E-state index contributed by atoms with van der Waals surface area (Å²) in [5.41, 5.74) is 5.98. The first-order valence-corrected chi connectivity index (χ1v) is 17.0. The number of hydrogen-bond acceptors (Lipinski definition) is 10. The molecule has 0 bridgehead atoms. The third-order valence-corrected chi connectivity index (χ3v) is 8.41. The summed E-state index contributed by atoms with van der Waals surface area (Å²) in [7, 11) is 1.51. The summed E-state index contributed by atoms with van der Waals surface area (Å²) in [6, 6.07) is 17.2. The number of hydroxylamine groups is 1. The Hall–Kier alpha value is -4.78. The molecule has 4 aromatic rings. The van der Waals surface area contributed by atoms with Crippen LogP contribution in [0.4, 0.5) is 4.79 Å². The Morgan fingerprint density at radius 2 is 1.70 bits per heavy atom. The van der Waals surface area contributed by atoms with Gasteiger partial charge < -0.3 is 29.0 Å². The van der Waals surface area contributed by atoms with Crippen LogP contribution in [0.25, 0.3) is 33.3 Å². The fourth-order valence-corrected chi connectivity index (χ4v) is 5.80. The van der Waals surface area contributed by atoms with Crippen LogP contribution >= 0.6 is 0 Å². The molecule has 1 aliphatic carbocycles. The Morgan fingerprint density at radius 1 is 1.00 bits per heavy atom. The SMILES string of the molecule is COc1c(-c2ccc(-c3ccc(OCC(O)CN(C(=O)OC(C)(C)C)C4CC4)cc3)cc2)nc2ccncc2c1C(=O)NOC1CCCCO1. The Morgan fingerprint density at radius 3 is 2.34 bits per heavy atom. The number of nitrogens with zero attached hydrogens (tertiary/aromatic N) is 3. The van der Waals surface area contributed by atoms with Gasteiger partial charge in [-0.1, -0.05) is 36.4 Å². The highest BCUT2D eigenvalue weighted by Gasteiger charge is 2.36. The van der Waals surface area contributed by atoms with E-state index in [9.17, 15) is 14.7 Å². The maximum Gasteiger partial charge on any atom is 0.410 e.